The SMILES string of the molecule is CCCCC/C=C\C/C=C\CCCCCCCC(=O)OCC(COC(=O)CCCCCCC/C=C\C/C=C\CCCCC)OC(=O)CCC(CCCCCCCCCCCC)OC(=O)OCCCCN(CC)CC. The van der Waals surface area contributed by atoms with Crippen molar-refractivity contribution in [2.75, 3.05) is 39.5 Å². The molecule has 0 aliphatic rings. The van der Waals surface area contributed by atoms with Gasteiger partial charge in [-0.1, -0.05) is 205 Å². The van der Waals surface area contributed by atoms with Gasteiger partial charge in [0.15, 0.2) is 6.10 Å². The molecule has 0 radical (unpaired) electrons. The summed E-state index contributed by atoms with van der Waals surface area (Å²) in [4.78, 5) is 54.3. The number of carbonyl (C=O) groups is 4. The van der Waals surface area contributed by atoms with Crippen LogP contribution in [0.5, 0.6) is 0 Å². The molecule has 0 aromatic carbocycles. The number of ether oxygens (including phenoxy) is 5. The molecule has 74 heavy (non-hydrogen) atoms. The summed E-state index contributed by atoms with van der Waals surface area (Å²) in [5.41, 5.74) is 0. The van der Waals surface area contributed by atoms with Crippen LogP contribution in [0, 0.1) is 0 Å². The lowest BCUT2D eigenvalue weighted by Crippen LogP contribution is -2.31. The predicted molar refractivity (Wildman–Crippen MR) is 309 cm³/mol. The summed E-state index contributed by atoms with van der Waals surface area (Å²) in [5, 5.41) is 0. The van der Waals surface area contributed by atoms with Crippen molar-refractivity contribution < 1.29 is 42.9 Å². The topological polar surface area (TPSA) is 118 Å². The molecule has 0 amide bonds. The number of hydrogen-bond acceptors (Lipinski definition) is 10. The highest BCUT2D eigenvalue weighted by molar-refractivity contribution is 5.71. The number of unbranched alkanes of at least 4 members (excludes halogenated alkanes) is 26. The third kappa shape index (κ3) is 52.1. The highest BCUT2D eigenvalue weighted by Crippen LogP contribution is 2.18. The minimum Gasteiger partial charge on any atom is -0.462 e. The molecular weight excluding hydrogens is 927 g/mol. The van der Waals surface area contributed by atoms with Gasteiger partial charge in [0.2, 0.25) is 0 Å². The van der Waals surface area contributed by atoms with Gasteiger partial charge in [-0.25, -0.2) is 4.79 Å². The van der Waals surface area contributed by atoms with E-state index in [0.717, 1.165) is 142 Å². The number of rotatable bonds is 55. The number of allylic oxidation sites excluding steroid dienone is 8. The van der Waals surface area contributed by atoms with E-state index in [1.54, 1.807) is 0 Å². The van der Waals surface area contributed by atoms with Gasteiger partial charge in [-0.2, -0.15) is 0 Å². The maximum absolute atomic E-state index is 13.4. The summed E-state index contributed by atoms with van der Waals surface area (Å²) in [6.45, 7) is 13.8. The van der Waals surface area contributed by atoms with Crippen LogP contribution in [0.25, 0.3) is 0 Å². The van der Waals surface area contributed by atoms with Crippen molar-refractivity contribution in [1.82, 2.24) is 4.90 Å². The molecule has 0 heterocycles. The average Bonchev–Trinajstić information content (AvgIpc) is 3.40. The summed E-state index contributed by atoms with van der Waals surface area (Å²) in [7, 11) is 0. The number of esters is 3. The van der Waals surface area contributed by atoms with E-state index in [4.69, 9.17) is 23.7 Å². The zero-order valence-corrected chi connectivity index (χ0v) is 48.7. The van der Waals surface area contributed by atoms with Gasteiger partial charge in [-0.15, -0.1) is 0 Å². The lowest BCUT2D eigenvalue weighted by molar-refractivity contribution is -0.167. The Labute approximate surface area is 455 Å². The Bertz CT molecular complexity index is 1330. The van der Waals surface area contributed by atoms with E-state index in [1.807, 2.05) is 0 Å². The first-order valence-corrected chi connectivity index (χ1v) is 31.0. The summed E-state index contributed by atoms with van der Waals surface area (Å²) in [6, 6.07) is 0. The molecular formula is C64H115NO9. The molecule has 0 aromatic heterocycles. The van der Waals surface area contributed by atoms with Crippen LogP contribution in [0.1, 0.15) is 285 Å². The fourth-order valence-electron chi connectivity index (χ4n) is 8.74. The van der Waals surface area contributed by atoms with Crippen LogP contribution in [-0.2, 0) is 38.1 Å². The number of carbonyl (C=O) groups excluding carboxylic acids is 4. The highest BCUT2D eigenvalue weighted by atomic mass is 16.7. The Morgan fingerprint density at radius 3 is 1.23 bits per heavy atom. The van der Waals surface area contributed by atoms with Crippen molar-refractivity contribution in [2.24, 2.45) is 0 Å². The van der Waals surface area contributed by atoms with E-state index >= 15 is 0 Å². The van der Waals surface area contributed by atoms with Crippen molar-refractivity contribution >= 4 is 24.1 Å². The van der Waals surface area contributed by atoms with Crippen LogP contribution in [0.15, 0.2) is 48.6 Å². The van der Waals surface area contributed by atoms with Gasteiger partial charge in [0.25, 0.3) is 0 Å². The minimum atomic E-state index is -0.938. The fraction of sp³-hybridized carbons (Fsp3) is 0.812. The minimum absolute atomic E-state index is 0.00407. The van der Waals surface area contributed by atoms with E-state index in [0.29, 0.717) is 6.42 Å². The van der Waals surface area contributed by atoms with Gasteiger partial charge in [0, 0.05) is 19.3 Å². The van der Waals surface area contributed by atoms with E-state index in [1.165, 1.54) is 96.3 Å². The van der Waals surface area contributed by atoms with E-state index < -0.39 is 24.3 Å². The van der Waals surface area contributed by atoms with Gasteiger partial charge in [0.05, 0.1) is 6.61 Å². The smallest absolute Gasteiger partial charge is 0.462 e. The molecule has 0 saturated carbocycles. The molecule has 10 heteroatoms. The summed E-state index contributed by atoms with van der Waals surface area (Å²) in [5.74, 6) is -1.24. The Balaban J connectivity index is 5.16. The number of nitrogens with zero attached hydrogens (tertiary/aromatic N) is 1. The Kier molecular flexibility index (Phi) is 54.7. The molecule has 0 spiro atoms. The predicted octanol–water partition coefficient (Wildman–Crippen LogP) is 18.3. The lowest BCUT2D eigenvalue weighted by atomic mass is 10.0. The average molecular weight is 1040 g/mol. The molecule has 0 N–H and O–H groups in total. The van der Waals surface area contributed by atoms with Crippen LogP contribution in [-0.4, -0.2) is 80.6 Å². The molecule has 0 saturated heterocycles. The van der Waals surface area contributed by atoms with E-state index in [9.17, 15) is 19.2 Å². The first-order chi connectivity index (χ1) is 36.3. The Morgan fingerprint density at radius 2 is 0.770 bits per heavy atom. The molecule has 1 atom stereocenters. The fourth-order valence-corrected chi connectivity index (χ4v) is 8.74. The first-order valence-electron chi connectivity index (χ1n) is 31.0. The second-order valence-corrected chi connectivity index (χ2v) is 20.5. The van der Waals surface area contributed by atoms with Crippen molar-refractivity contribution in [2.45, 2.75) is 297 Å². The van der Waals surface area contributed by atoms with Crippen LogP contribution in [0.4, 0.5) is 4.79 Å². The van der Waals surface area contributed by atoms with Crippen molar-refractivity contribution in [3.63, 3.8) is 0 Å². The van der Waals surface area contributed by atoms with Crippen LogP contribution in [0.3, 0.4) is 0 Å². The maximum atomic E-state index is 13.4. The molecule has 0 aliphatic heterocycles. The molecule has 1 unspecified atom stereocenters. The quantitative estimate of drug-likeness (QED) is 0.0252. The molecule has 0 bridgehead atoms. The molecule has 0 rings (SSSR count). The van der Waals surface area contributed by atoms with Gasteiger partial charge in [-0.3, -0.25) is 14.4 Å². The number of hydrogen-bond donors (Lipinski definition) is 0. The largest absolute Gasteiger partial charge is 0.508 e. The van der Waals surface area contributed by atoms with Crippen molar-refractivity contribution in [3.05, 3.63) is 48.6 Å². The second kappa shape index (κ2) is 57.3. The zero-order valence-electron chi connectivity index (χ0n) is 48.7. The monoisotopic (exact) mass is 1040 g/mol. The van der Waals surface area contributed by atoms with Crippen molar-refractivity contribution in [1.29, 1.82) is 0 Å². The van der Waals surface area contributed by atoms with Crippen LogP contribution < -0.4 is 0 Å². The summed E-state index contributed by atoms with van der Waals surface area (Å²) < 4.78 is 28.3. The van der Waals surface area contributed by atoms with Gasteiger partial charge in [0.1, 0.15) is 19.3 Å². The van der Waals surface area contributed by atoms with Gasteiger partial charge in [-0.05, 0) is 129 Å². The molecule has 10 nitrogen and oxygen atoms in total. The summed E-state index contributed by atoms with van der Waals surface area (Å²) >= 11 is 0. The second-order valence-electron chi connectivity index (χ2n) is 20.5. The van der Waals surface area contributed by atoms with E-state index in [-0.39, 0.29) is 57.4 Å². The van der Waals surface area contributed by atoms with Gasteiger partial charge >= 0.3 is 24.1 Å². The first kappa shape index (κ1) is 70.6. The summed E-state index contributed by atoms with van der Waals surface area (Å²) in [6.07, 6.45) is 55.2. The van der Waals surface area contributed by atoms with Crippen LogP contribution >= 0.6 is 0 Å². The molecule has 0 fully saturated rings. The highest BCUT2D eigenvalue weighted by Gasteiger charge is 2.22. The van der Waals surface area contributed by atoms with Crippen LogP contribution in [0.2, 0.25) is 0 Å². The Morgan fingerprint density at radius 1 is 0.365 bits per heavy atom. The molecule has 430 valence electrons. The van der Waals surface area contributed by atoms with E-state index in [2.05, 4.69) is 88.1 Å². The normalized spacial score (nSPS) is 12.3. The molecule has 0 aliphatic carbocycles. The lowest BCUT2D eigenvalue weighted by Gasteiger charge is -2.20. The Hall–Kier alpha value is -3.40. The maximum Gasteiger partial charge on any atom is 0.508 e. The zero-order chi connectivity index (χ0) is 54.1. The third-order valence-electron chi connectivity index (χ3n) is 13.6. The standard InChI is InChI=1S/C64H115NO9/c1-6-11-14-17-20-23-26-28-30-32-34-37-40-43-46-51-61(66)71-57-60(58-72-62(67)52-47-44-41-38-35-33-31-29-27-24-21-18-15-12-7-2)73-63(68)54-53-59(50-45-42-39-36-25-22-19-16-13-8-3)74-64(69)70-56-49-48-55-65(9-4)10-5/h20-21,23-24,28-31,59-60H,6-19,22,25-27,32-58H2,1-5H3/b23-20-,24-21-,30-28-,31-29-. The van der Waals surface area contributed by atoms with Gasteiger partial charge < -0.3 is 28.6 Å². The molecule has 0 aromatic rings. The van der Waals surface area contributed by atoms with Crippen molar-refractivity contribution in [3.8, 4) is 0 Å². The third-order valence-corrected chi connectivity index (χ3v) is 13.6.